The Labute approximate surface area is 173 Å². The molecule has 1 aliphatic rings. The van der Waals surface area contributed by atoms with Gasteiger partial charge in [-0.05, 0) is 32.0 Å². The van der Waals surface area contributed by atoms with Crippen molar-refractivity contribution >= 4 is 33.0 Å². The first-order valence-electron chi connectivity index (χ1n) is 9.17. The Bertz CT molecular complexity index is 989. The lowest BCUT2D eigenvalue weighted by molar-refractivity contribution is -0.132. The molecule has 1 aromatic carbocycles. The summed E-state index contributed by atoms with van der Waals surface area (Å²) in [4.78, 5) is 30.8. The topological polar surface area (TPSA) is 106 Å². The van der Waals surface area contributed by atoms with Gasteiger partial charge in [-0.3, -0.25) is 9.59 Å². The highest BCUT2D eigenvalue weighted by Gasteiger charge is 2.28. The van der Waals surface area contributed by atoms with Crippen molar-refractivity contribution in [3.05, 3.63) is 45.9 Å². The molecule has 1 saturated heterocycles. The van der Waals surface area contributed by atoms with E-state index < -0.39 is 21.8 Å². The number of ether oxygens (including phenoxy) is 1. The molecule has 8 nitrogen and oxygen atoms in total. The van der Waals surface area contributed by atoms with Crippen LogP contribution in [0.5, 0.6) is 5.75 Å². The SMILES string of the molecule is Cc1nc(COc2cccc(C(=O)NC(C)C(=O)N3CCS(=O)(=O)CC3)c2)cs1. The smallest absolute Gasteiger partial charge is 0.252 e. The number of sulfone groups is 1. The van der Waals surface area contributed by atoms with Crippen LogP contribution in [0, 0.1) is 6.92 Å². The lowest BCUT2D eigenvalue weighted by Crippen LogP contribution is -2.51. The van der Waals surface area contributed by atoms with Crippen LogP contribution in [0.4, 0.5) is 0 Å². The molecule has 0 radical (unpaired) electrons. The third-order valence-electron chi connectivity index (χ3n) is 4.52. The first-order valence-corrected chi connectivity index (χ1v) is 11.9. The van der Waals surface area contributed by atoms with Gasteiger partial charge in [0.2, 0.25) is 5.91 Å². The van der Waals surface area contributed by atoms with E-state index in [2.05, 4.69) is 10.3 Å². The quantitative estimate of drug-likeness (QED) is 0.732. The van der Waals surface area contributed by atoms with E-state index in [1.807, 2.05) is 12.3 Å². The zero-order valence-electron chi connectivity index (χ0n) is 16.3. The molecule has 1 aromatic heterocycles. The summed E-state index contributed by atoms with van der Waals surface area (Å²) in [7, 11) is -3.07. The number of thiazole rings is 1. The molecule has 3 rings (SSSR count). The van der Waals surface area contributed by atoms with Crippen molar-refractivity contribution in [2.45, 2.75) is 26.5 Å². The van der Waals surface area contributed by atoms with Gasteiger partial charge in [0.1, 0.15) is 18.4 Å². The lowest BCUT2D eigenvalue weighted by Gasteiger charge is -2.29. The monoisotopic (exact) mass is 437 g/mol. The van der Waals surface area contributed by atoms with Crippen LogP contribution in [0.3, 0.4) is 0 Å². The van der Waals surface area contributed by atoms with Crippen molar-refractivity contribution in [3.8, 4) is 5.75 Å². The Morgan fingerprint density at radius 3 is 2.69 bits per heavy atom. The number of benzene rings is 1. The Morgan fingerprint density at radius 1 is 1.31 bits per heavy atom. The second kappa shape index (κ2) is 8.91. The van der Waals surface area contributed by atoms with E-state index in [1.165, 1.54) is 4.90 Å². The Hall–Kier alpha value is -2.46. The number of rotatable bonds is 6. The van der Waals surface area contributed by atoms with Crippen LogP contribution in [0.25, 0.3) is 0 Å². The van der Waals surface area contributed by atoms with Gasteiger partial charge in [-0.1, -0.05) is 6.07 Å². The lowest BCUT2D eigenvalue weighted by atomic mass is 10.2. The van der Waals surface area contributed by atoms with Gasteiger partial charge in [-0.25, -0.2) is 13.4 Å². The first kappa shape index (κ1) is 21.3. The molecule has 0 bridgehead atoms. The van der Waals surface area contributed by atoms with Crippen LogP contribution in [0.2, 0.25) is 0 Å². The van der Waals surface area contributed by atoms with Gasteiger partial charge < -0.3 is 15.0 Å². The van der Waals surface area contributed by atoms with Crippen LogP contribution in [-0.2, 0) is 21.2 Å². The van der Waals surface area contributed by atoms with Crippen molar-refractivity contribution in [2.24, 2.45) is 0 Å². The number of aromatic nitrogens is 1. The number of nitrogens with one attached hydrogen (secondary N) is 1. The van der Waals surface area contributed by atoms with Gasteiger partial charge in [0.15, 0.2) is 9.84 Å². The molecule has 29 heavy (non-hydrogen) atoms. The summed E-state index contributed by atoms with van der Waals surface area (Å²) in [6.45, 7) is 4.13. The van der Waals surface area contributed by atoms with Crippen molar-refractivity contribution in [1.82, 2.24) is 15.2 Å². The molecule has 10 heteroatoms. The Kier molecular flexibility index (Phi) is 6.53. The van der Waals surface area contributed by atoms with Gasteiger partial charge in [-0.2, -0.15) is 0 Å². The first-order chi connectivity index (χ1) is 13.7. The third-order valence-corrected chi connectivity index (χ3v) is 6.96. The van der Waals surface area contributed by atoms with Crippen LogP contribution in [-0.4, -0.2) is 60.8 Å². The van der Waals surface area contributed by atoms with Crippen LogP contribution >= 0.6 is 11.3 Å². The molecule has 0 aliphatic carbocycles. The van der Waals surface area contributed by atoms with Gasteiger partial charge in [0.25, 0.3) is 5.91 Å². The van der Waals surface area contributed by atoms with E-state index in [9.17, 15) is 18.0 Å². The normalized spacial score (nSPS) is 16.8. The highest BCUT2D eigenvalue weighted by molar-refractivity contribution is 7.91. The summed E-state index contributed by atoms with van der Waals surface area (Å²) >= 11 is 1.54. The second-order valence-electron chi connectivity index (χ2n) is 6.85. The van der Waals surface area contributed by atoms with Crippen LogP contribution in [0.15, 0.2) is 29.6 Å². The second-order valence-corrected chi connectivity index (χ2v) is 10.2. The van der Waals surface area contributed by atoms with Crippen molar-refractivity contribution in [1.29, 1.82) is 0 Å². The van der Waals surface area contributed by atoms with E-state index in [-0.39, 0.29) is 30.5 Å². The van der Waals surface area contributed by atoms with Crippen molar-refractivity contribution in [2.75, 3.05) is 24.6 Å². The number of hydrogen-bond acceptors (Lipinski definition) is 7. The molecule has 2 heterocycles. The minimum absolute atomic E-state index is 0.0443. The molecule has 1 N–H and O–H groups in total. The number of hydrogen-bond donors (Lipinski definition) is 1. The Balaban J connectivity index is 1.56. The summed E-state index contributed by atoms with van der Waals surface area (Å²) < 4.78 is 28.7. The van der Waals surface area contributed by atoms with E-state index in [1.54, 1.807) is 42.5 Å². The minimum atomic E-state index is -3.07. The van der Waals surface area contributed by atoms with Gasteiger partial charge in [-0.15, -0.1) is 11.3 Å². The molecule has 2 aromatic rings. The highest BCUT2D eigenvalue weighted by Crippen LogP contribution is 2.16. The highest BCUT2D eigenvalue weighted by atomic mass is 32.2. The fraction of sp³-hybridized carbons (Fsp3) is 0.421. The van der Waals surface area contributed by atoms with E-state index in [0.29, 0.717) is 17.9 Å². The zero-order chi connectivity index (χ0) is 21.0. The summed E-state index contributed by atoms with van der Waals surface area (Å²) in [5.74, 6) is -0.247. The molecule has 156 valence electrons. The average Bonchev–Trinajstić information content (AvgIpc) is 3.11. The number of aryl methyl sites for hydroxylation is 1. The molecular weight excluding hydrogens is 414 g/mol. The van der Waals surface area contributed by atoms with E-state index >= 15 is 0 Å². The number of carbonyl (C=O) groups is 2. The Morgan fingerprint density at radius 2 is 2.03 bits per heavy atom. The van der Waals surface area contributed by atoms with Gasteiger partial charge in [0.05, 0.1) is 22.2 Å². The predicted octanol–water partition coefficient (Wildman–Crippen LogP) is 1.41. The fourth-order valence-electron chi connectivity index (χ4n) is 2.91. The van der Waals surface area contributed by atoms with Crippen LogP contribution in [0.1, 0.15) is 28.0 Å². The number of carbonyl (C=O) groups excluding carboxylic acids is 2. The largest absolute Gasteiger partial charge is 0.487 e. The molecular formula is C19H23N3O5S2. The summed E-state index contributed by atoms with van der Waals surface area (Å²) in [6, 6.07) is 5.95. The fourth-order valence-corrected chi connectivity index (χ4v) is 4.71. The zero-order valence-corrected chi connectivity index (χ0v) is 17.9. The molecule has 1 fully saturated rings. The molecule has 0 spiro atoms. The molecule has 2 amide bonds. The maximum atomic E-state index is 12.5. The average molecular weight is 438 g/mol. The van der Waals surface area contributed by atoms with Gasteiger partial charge >= 0.3 is 0 Å². The minimum Gasteiger partial charge on any atom is -0.487 e. The maximum absolute atomic E-state index is 12.5. The standard InChI is InChI=1S/C19H23N3O5S2/c1-13(19(24)22-6-8-29(25,26)9-7-22)20-18(23)15-4-3-5-17(10-15)27-11-16-12-28-14(2)21-16/h3-5,10,12-13H,6-9,11H2,1-2H3,(H,20,23). The summed E-state index contributed by atoms with van der Waals surface area (Å²) in [5, 5.41) is 5.55. The van der Waals surface area contributed by atoms with Crippen molar-refractivity contribution < 1.29 is 22.7 Å². The number of nitrogens with zero attached hydrogens (tertiary/aromatic N) is 2. The third kappa shape index (κ3) is 5.77. The predicted molar refractivity (Wildman–Crippen MR) is 110 cm³/mol. The van der Waals surface area contributed by atoms with Crippen LogP contribution < -0.4 is 10.1 Å². The number of amides is 2. The van der Waals surface area contributed by atoms with E-state index in [4.69, 9.17) is 4.74 Å². The molecule has 1 aliphatic heterocycles. The van der Waals surface area contributed by atoms with E-state index in [0.717, 1.165) is 10.7 Å². The van der Waals surface area contributed by atoms with Gasteiger partial charge in [0, 0.05) is 24.0 Å². The molecule has 1 unspecified atom stereocenters. The molecule has 1 atom stereocenters. The maximum Gasteiger partial charge on any atom is 0.252 e. The molecule has 0 saturated carbocycles. The van der Waals surface area contributed by atoms with Crippen molar-refractivity contribution in [3.63, 3.8) is 0 Å². The summed E-state index contributed by atoms with van der Waals surface area (Å²) in [6.07, 6.45) is 0. The summed E-state index contributed by atoms with van der Waals surface area (Å²) in [5.41, 5.74) is 1.20.